The highest BCUT2D eigenvalue weighted by Crippen LogP contribution is 2.37. The maximum Gasteiger partial charge on any atom is 0.501 e. The van der Waals surface area contributed by atoms with Crippen LogP contribution in [0.2, 0.25) is 5.02 Å². The number of sulfonamides is 1. The number of benzene rings is 5. The summed E-state index contributed by atoms with van der Waals surface area (Å²) in [6.07, 6.45) is 2.82. The minimum absolute atomic E-state index is 0.00261. The topological polar surface area (TPSA) is 113 Å². The minimum atomic E-state index is -5.99. The van der Waals surface area contributed by atoms with E-state index in [1.807, 2.05) is 71.5 Å². The predicted molar refractivity (Wildman–Crippen MR) is 217 cm³/mol. The molecule has 1 fully saturated rings. The molecule has 1 aliphatic heterocycles. The summed E-state index contributed by atoms with van der Waals surface area (Å²) in [7, 11) is -10.8. The first kappa shape index (κ1) is 41.1. The Morgan fingerprint density at radius 2 is 1.50 bits per heavy atom. The fourth-order valence-corrected chi connectivity index (χ4v) is 9.58. The molecule has 1 amide bonds. The summed E-state index contributed by atoms with van der Waals surface area (Å²) in [5, 5.41) is 3.46. The summed E-state index contributed by atoms with van der Waals surface area (Å²) in [6, 6.07) is 33.6. The van der Waals surface area contributed by atoms with Crippen molar-refractivity contribution in [1.82, 2.24) is 4.72 Å². The van der Waals surface area contributed by atoms with Crippen LogP contribution in [0.15, 0.2) is 136 Å². The molecular weight excluding hydrogens is 803 g/mol. The number of nitrogens with zero attached hydrogens (tertiary/aromatic N) is 1. The van der Waals surface area contributed by atoms with Crippen LogP contribution in [0.1, 0.15) is 35.7 Å². The van der Waals surface area contributed by atoms with Crippen molar-refractivity contribution in [3.63, 3.8) is 0 Å². The number of hydrogen-bond acceptors (Lipinski definition) is 8. The first-order chi connectivity index (χ1) is 26.6. The summed E-state index contributed by atoms with van der Waals surface area (Å²) in [4.78, 5) is 14.1. The molecule has 5 aromatic carbocycles. The molecule has 0 radical (unpaired) electrons. The molecular formula is C41H39ClF3N3O5S3. The molecule has 56 heavy (non-hydrogen) atoms. The summed E-state index contributed by atoms with van der Waals surface area (Å²) in [5.74, 6) is -0.194. The van der Waals surface area contributed by atoms with Crippen molar-refractivity contribution in [3.8, 4) is 11.1 Å². The van der Waals surface area contributed by atoms with Crippen molar-refractivity contribution < 1.29 is 34.8 Å². The van der Waals surface area contributed by atoms with Crippen LogP contribution in [0.4, 0.5) is 24.5 Å². The number of piperidine rings is 1. The highest BCUT2D eigenvalue weighted by Gasteiger charge is 2.48. The molecule has 1 aliphatic rings. The first-order valence-electron chi connectivity index (χ1n) is 17.8. The van der Waals surface area contributed by atoms with Crippen molar-refractivity contribution in [1.29, 1.82) is 0 Å². The zero-order chi connectivity index (χ0) is 40.1. The number of nitrogens with one attached hydrogen (secondary N) is 2. The number of amides is 1. The molecule has 1 atom stereocenters. The Morgan fingerprint density at radius 3 is 2.16 bits per heavy atom. The standard InChI is InChI=1S/C41H39ClF3N3O5S3/c1-28(27-54-35-8-3-2-4-9-35)46-38-20-19-36(26-39(38)55(50,51)41(43,44)45)56(52,53)47-40(49)31-13-17-34(18-14-31)48-23-21-29(22-24-48)25-32-7-5-6-10-37(32)30-11-15-33(42)16-12-30/h2-20,26,28-29,46H,21-25,27H2,1H3,(H,47,49). The van der Waals surface area contributed by atoms with Crippen LogP contribution in [0, 0.1) is 5.92 Å². The summed E-state index contributed by atoms with van der Waals surface area (Å²) < 4.78 is 95.0. The van der Waals surface area contributed by atoms with Crippen LogP contribution in [-0.4, -0.2) is 53.1 Å². The van der Waals surface area contributed by atoms with Crippen molar-refractivity contribution in [3.05, 3.63) is 137 Å². The van der Waals surface area contributed by atoms with Gasteiger partial charge in [0.2, 0.25) is 0 Å². The largest absolute Gasteiger partial charge is 0.501 e. The van der Waals surface area contributed by atoms with E-state index in [9.17, 15) is 34.8 Å². The van der Waals surface area contributed by atoms with Gasteiger partial charge in [0.05, 0.1) is 10.6 Å². The van der Waals surface area contributed by atoms with E-state index >= 15 is 0 Å². The quantitative estimate of drug-likeness (QED) is 0.113. The van der Waals surface area contributed by atoms with Crippen molar-refractivity contribution in [2.75, 3.05) is 29.1 Å². The van der Waals surface area contributed by atoms with E-state index in [-0.39, 0.29) is 5.56 Å². The lowest BCUT2D eigenvalue weighted by Crippen LogP contribution is -2.34. The number of anilines is 2. The number of rotatable bonds is 13. The van der Waals surface area contributed by atoms with Crippen LogP contribution in [0.3, 0.4) is 0 Å². The van der Waals surface area contributed by atoms with E-state index < -0.39 is 52.8 Å². The highest BCUT2D eigenvalue weighted by atomic mass is 35.5. The number of carbonyl (C=O) groups is 1. The van der Waals surface area contributed by atoms with Gasteiger partial charge in [0.1, 0.15) is 4.90 Å². The van der Waals surface area contributed by atoms with E-state index in [2.05, 4.69) is 22.3 Å². The van der Waals surface area contributed by atoms with Gasteiger partial charge in [0.15, 0.2) is 0 Å². The number of carbonyl (C=O) groups excluding carboxylic acids is 1. The number of sulfone groups is 1. The Hall–Kier alpha value is -4.50. The van der Waals surface area contributed by atoms with E-state index in [0.717, 1.165) is 60.6 Å². The minimum Gasteiger partial charge on any atom is -0.381 e. The lowest BCUT2D eigenvalue weighted by atomic mass is 9.87. The first-order valence-corrected chi connectivity index (χ1v) is 22.1. The van der Waals surface area contributed by atoms with E-state index in [1.165, 1.54) is 35.0 Å². The molecule has 294 valence electrons. The maximum absolute atomic E-state index is 13.8. The van der Waals surface area contributed by atoms with Crippen molar-refractivity contribution in [2.45, 2.75) is 52.4 Å². The third-order valence-electron chi connectivity index (χ3n) is 9.52. The Morgan fingerprint density at radius 1 is 0.857 bits per heavy atom. The average Bonchev–Trinajstić information content (AvgIpc) is 3.18. The smallest absolute Gasteiger partial charge is 0.381 e. The maximum atomic E-state index is 13.8. The molecule has 0 spiro atoms. The molecule has 15 heteroatoms. The molecule has 1 saturated heterocycles. The van der Waals surface area contributed by atoms with Gasteiger partial charge < -0.3 is 10.2 Å². The van der Waals surface area contributed by atoms with Gasteiger partial charge in [-0.15, -0.1) is 11.8 Å². The van der Waals surface area contributed by atoms with Crippen LogP contribution in [0.25, 0.3) is 11.1 Å². The van der Waals surface area contributed by atoms with Gasteiger partial charge in [-0.25, -0.2) is 21.6 Å². The predicted octanol–water partition coefficient (Wildman–Crippen LogP) is 9.47. The van der Waals surface area contributed by atoms with Crippen molar-refractivity contribution in [2.24, 2.45) is 5.92 Å². The second kappa shape index (κ2) is 17.3. The fourth-order valence-electron chi connectivity index (χ4n) is 6.56. The van der Waals surface area contributed by atoms with Crippen LogP contribution in [-0.2, 0) is 26.3 Å². The molecule has 6 rings (SSSR count). The van der Waals surface area contributed by atoms with Gasteiger partial charge in [-0.05, 0) is 116 Å². The van der Waals surface area contributed by atoms with E-state index in [0.29, 0.717) is 22.8 Å². The molecule has 1 heterocycles. The molecule has 0 aliphatic carbocycles. The Bertz CT molecular complexity index is 2370. The Balaban J connectivity index is 1.09. The molecule has 2 N–H and O–H groups in total. The molecule has 5 aromatic rings. The SMILES string of the molecule is CC(CSc1ccccc1)Nc1ccc(S(=O)(=O)NC(=O)c2ccc(N3CCC(Cc4ccccc4-c4ccc(Cl)cc4)CC3)cc2)cc1S(=O)(=O)C(F)(F)F. The zero-order valence-electron chi connectivity index (χ0n) is 30.2. The van der Waals surface area contributed by atoms with Crippen LogP contribution in [0.5, 0.6) is 0 Å². The van der Waals surface area contributed by atoms with Gasteiger partial charge in [-0.1, -0.05) is 66.2 Å². The zero-order valence-corrected chi connectivity index (χ0v) is 33.4. The molecule has 1 unspecified atom stereocenters. The second-order valence-electron chi connectivity index (χ2n) is 13.6. The number of alkyl halides is 3. The van der Waals surface area contributed by atoms with Gasteiger partial charge in [-0.2, -0.15) is 13.2 Å². The fraction of sp³-hybridized carbons (Fsp3) is 0.244. The summed E-state index contributed by atoms with van der Waals surface area (Å²) >= 11 is 7.50. The molecule has 0 saturated carbocycles. The lowest BCUT2D eigenvalue weighted by Gasteiger charge is -2.34. The Labute approximate surface area is 334 Å². The monoisotopic (exact) mass is 841 g/mol. The van der Waals surface area contributed by atoms with Gasteiger partial charge >= 0.3 is 5.51 Å². The lowest BCUT2D eigenvalue weighted by molar-refractivity contribution is -0.0435. The number of thioether (sulfide) groups is 1. The van der Waals surface area contributed by atoms with Gasteiger partial charge in [0, 0.05) is 46.1 Å². The summed E-state index contributed by atoms with van der Waals surface area (Å²) in [5.41, 5.74) is -1.71. The number of halogens is 4. The summed E-state index contributed by atoms with van der Waals surface area (Å²) in [6.45, 7) is 3.22. The average molecular weight is 842 g/mol. The van der Waals surface area contributed by atoms with E-state index in [4.69, 9.17) is 11.6 Å². The highest BCUT2D eigenvalue weighted by molar-refractivity contribution is 7.99. The van der Waals surface area contributed by atoms with Crippen molar-refractivity contribution >= 4 is 60.5 Å². The second-order valence-corrected chi connectivity index (χ2v) is 18.7. The van der Waals surface area contributed by atoms with Gasteiger partial charge in [-0.3, -0.25) is 4.79 Å². The third kappa shape index (κ3) is 9.89. The third-order valence-corrected chi connectivity index (χ3v) is 13.9. The Kier molecular flexibility index (Phi) is 12.7. The normalized spacial score (nSPS) is 14.6. The van der Waals surface area contributed by atoms with Crippen LogP contribution >= 0.6 is 23.4 Å². The van der Waals surface area contributed by atoms with E-state index in [1.54, 1.807) is 19.1 Å². The molecule has 0 aromatic heterocycles. The van der Waals surface area contributed by atoms with Crippen LogP contribution < -0.4 is 14.9 Å². The van der Waals surface area contributed by atoms with Gasteiger partial charge in [0.25, 0.3) is 25.8 Å². The number of hydrogen-bond donors (Lipinski definition) is 2. The molecule has 8 nitrogen and oxygen atoms in total. The molecule has 0 bridgehead atoms.